The van der Waals surface area contributed by atoms with Crippen molar-refractivity contribution < 1.29 is 0 Å². The molecule has 1 atom stereocenters. The second-order valence-electron chi connectivity index (χ2n) is 3.26. The van der Waals surface area contributed by atoms with E-state index in [0.717, 1.165) is 19.5 Å². The van der Waals surface area contributed by atoms with Gasteiger partial charge < -0.3 is 5.32 Å². The van der Waals surface area contributed by atoms with E-state index in [1.807, 2.05) is 4.68 Å². The first-order valence-corrected chi connectivity index (χ1v) is 4.88. The molecule has 0 saturated heterocycles. The number of hydrogen-bond donors (Lipinski definition) is 1. The van der Waals surface area contributed by atoms with Crippen molar-refractivity contribution in [3.8, 4) is 0 Å². The Bertz CT molecular complexity index is 207. The number of aryl methyl sites for hydroxylation is 1. The molecule has 0 aliphatic heterocycles. The summed E-state index contributed by atoms with van der Waals surface area (Å²) in [5, 5.41) is 7.42. The van der Waals surface area contributed by atoms with Gasteiger partial charge in [0.1, 0.15) is 12.7 Å². The van der Waals surface area contributed by atoms with Crippen LogP contribution in [0.4, 0.5) is 0 Å². The van der Waals surface area contributed by atoms with E-state index in [4.69, 9.17) is 0 Å². The largest absolute Gasteiger partial charge is 0.315 e. The molecule has 1 heterocycles. The first kappa shape index (κ1) is 10.2. The Labute approximate surface area is 79.4 Å². The van der Waals surface area contributed by atoms with E-state index in [1.165, 1.54) is 6.42 Å². The molecule has 13 heavy (non-hydrogen) atoms. The number of hydrogen-bond acceptors (Lipinski definition) is 3. The molecule has 1 unspecified atom stereocenters. The lowest BCUT2D eigenvalue weighted by Crippen LogP contribution is -2.25. The fourth-order valence-corrected chi connectivity index (χ4v) is 1.36. The number of aromatic nitrogens is 3. The molecule has 0 aromatic carbocycles. The van der Waals surface area contributed by atoms with Gasteiger partial charge in [0.2, 0.25) is 0 Å². The highest BCUT2D eigenvalue weighted by Crippen LogP contribution is 1.97. The van der Waals surface area contributed by atoms with Gasteiger partial charge in [-0.1, -0.05) is 6.92 Å². The predicted octanol–water partition coefficient (Wildman–Crippen LogP) is 1.06. The first-order valence-electron chi connectivity index (χ1n) is 4.88. The average molecular weight is 182 g/mol. The summed E-state index contributed by atoms with van der Waals surface area (Å²) < 4.78 is 1.87. The van der Waals surface area contributed by atoms with Gasteiger partial charge in [0, 0.05) is 12.6 Å². The Morgan fingerprint density at radius 3 is 3.00 bits per heavy atom. The van der Waals surface area contributed by atoms with Crippen molar-refractivity contribution in [1.82, 2.24) is 20.1 Å². The van der Waals surface area contributed by atoms with Gasteiger partial charge in [0.25, 0.3) is 0 Å². The molecule has 74 valence electrons. The van der Waals surface area contributed by atoms with Crippen molar-refractivity contribution in [3.05, 3.63) is 12.7 Å². The van der Waals surface area contributed by atoms with Crippen LogP contribution < -0.4 is 5.32 Å². The van der Waals surface area contributed by atoms with Crippen molar-refractivity contribution in [2.75, 3.05) is 6.54 Å². The quantitative estimate of drug-likeness (QED) is 0.715. The Balaban J connectivity index is 2.07. The van der Waals surface area contributed by atoms with Gasteiger partial charge in [-0.3, -0.25) is 4.68 Å². The molecule has 0 radical (unpaired) electrons. The number of nitrogens with zero attached hydrogens (tertiary/aromatic N) is 3. The van der Waals surface area contributed by atoms with Gasteiger partial charge >= 0.3 is 0 Å². The second kappa shape index (κ2) is 5.70. The molecule has 4 heteroatoms. The van der Waals surface area contributed by atoms with E-state index >= 15 is 0 Å². The smallest absolute Gasteiger partial charge is 0.137 e. The maximum Gasteiger partial charge on any atom is 0.137 e. The summed E-state index contributed by atoms with van der Waals surface area (Å²) in [5.41, 5.74) is 0. The molecule has 0 saturated carbocycles. The maximum absolute atomic E-state index is 4.04. The third-order valence-electron chi connectivity index (χ3n) is 2.04. The normalized spacial score (nSPS) is 13.1. The molecule has 0 spiro atoms. The number of nitrogens with one attached hydrogen (secondary N) is 1. The van der Waals surface area contributed by atoms with Crippen molar-refractivity contribution >= 4 is 0 Å². The van der Waals surface area contributed by atoms with Crippen LogP contribution in [0.1, 0.15) is 26.7 Å². The van der Waals surface area contributed by atoms with Gasteiger partial charge in [-0.2, -0.15) is 5.10 Å². The van der Waals surface area contributed by atoms with Crippen LogP contribution in [0, 0.1) is 0 Å². The van der Waals surface area contributed by atoms with Crippen LogP contribution >= 0.6 is 0 Å². The van der Waals surface area contributed by atoms with Crippen molar-refractivity contribution in [2.45, 2.75) is 39.3 Å². The van der Waals surface area contributed by atoms with Gasteiger partial charge in [-0.05, 0) is 26.3 Å². The Morgan fingerprint density at radius 1 is 1.54 bits per heavy atom. The summed E-state index contributed by atoms with van der Waals surface area (Å²) in [4.78, 5) is 3.89. The molecular formula is C9H18N4. The van der Waals surface area contributed by atoms with Crippen LogP contribution in [0.3, 0.4) is 0 Å². The monoisotopic (exact) mass is 182 g/mol. The van der Waals surface area contributed by atoms with Crippen LogP contribution in [-0.2, 0) is 6.54 Å². The molecule has 0 aliphatic carbocycles. The van der Waals surface area contributed by atoms with Gasteiger partial charge in [0.05, 0.1) is 0 Å². The molecule has 1 aromatic rings. The summed E-state index contributed by atoms with van der Waals surface area (Å²) in [7, 11) is 0. The minimum absolute atomic E-state index is 0.605. The molecular weight excluding hydrogens is 164 g/mol. The second-order valence-corrected chi connectivity index (χ2v) is 3.26. The maximum atomic E-state index is 4.04. The fraction of sp³-hybridized carbons (Fsp3) is 0.778. The summed E-state index contributed by atoms with van der Waals surface area (Å²) >= 11 is 0. The van der Waals surface area contributed by atoms with Crippen LogP contribution in [0.5, 0.6) is 0 Å². The van der Waals surface area contributed by atoms with Crippen molar-refractivity contribution in [3.63, 3.8) is 0 Å². The number of rotatable bonds is 6. The highest BCUT2D eigenvalue weighted by atomic mass is 15.3. The molecule has 0 fully saturated rings. The summed E-state index contributed by atoms with van der Waals surface area (Å²) in [5.74, 6) is 0. The summed E-state index contributed by atoms with van der Waals surface area (Å²) in [6.07, 6.45) is 5.68. The van der Waals surface area contributed by atoms with E-state index in [1.54, 1.807) is 12.7 Å². The lowest BCUT2D eigenvalue weighted by molar-refractivity contribution is 0.471. The third kappa shape index (κ3) is 4.03. The van der Waals surface area contributed by atoms with E-state index in [2.05, 4.69) is 29.2 Å². The van der Waals surface area contributed by atoms with Crippen molar-refractivity contribution in [2.24, 2.45) is 0 Å². The topological polar surface area (TPSA) is 42.7 Å². The molecule has 4 nitrogen and oxygen atoms in total. The Hall–Kier alpha value is -0.900. The third-order valence-corrected chi connectivity index (χ3v) is 2.04. The lowest BCUT2D eigenvalue weighted by Gasteiger charge is -2.11. The van der Waals surface area contributed by atoms with E-state index in [0.29, 0.717) is 6.04 Å². The van der Waals surface area contributed by atoms with Gasteiger partial charge in [0.15, 0.2) is 0 Å². The van der Waals surface area contributed by atoms with Crippen LogP contribution in [-0.4, -0.2) is 27.4 Å². The summed E-state index contributed by atoms with van der Waals surface area (Å²) in [6, 6.07) is 0.605. The zero-order chi connectivity index (χ0) is 9.52. The standard InChI is InChI=1S/C9H18N4/c1-3-11-9(2)5-4-6-13-8-10-7-12-13/h7-9,11H,3-6H2,1-2H3. The highest BCUT2D eigenvalue weighted by Gasteiger charge is 1.99. The lowest BCUT2D eigenvalue weighted by atomic mass is 10.2. The molecule has 1 rings (SSSR count). The molecule has 1 aromatic heterocycles. The predicted molar refractivity (Wildman–Crippen MR) is 52.4 cm³/mol. The van der Waals surface area contributed by atoms with E-state index < -0.39 is 0 Å². The first-order chi connectivity index (χ1) is 6.33. The highest BCUT2D eigenvalue weighted by molar-refractivity contribution is 4.61. The zero-order valence-electron chi connectivity index (χ0n) is 8.40. The molecule has 0 amide bonds. The van der Waals surface area contributed by atoms with E-state index in [-0.39, 0.29) is 0 Å². The molecule has 0 bridgehead atoms. The van der Waals surface area contributed by atoms with Crippen LogP contribution in [0.2, 0.25) is 0 Å². The minimum Gasteiger partial charge on any atom is -0.315 e. The van der Waals surface area contributed by atoms with Crippen LogP contribution in [0.25, 0.3) is 0 Å². The zero-order valence-corrected chi connectivity index (χ0v) is 8.40. The van der Waals surface area contributed by atoms with Crippen LogP contribution in [0.15, 0.2) is 12.7 Å². The fourth-order valence-electron chi connectivity index (χ4n) is 1.36. The average Bonchev–Trinajstić information content (AvgIpc) is 2.57. The summed E-state index contributed by atoms with van der Waals surface area (Å²) in [6.45, 7) is 6.36. The van der Waals surface area contributed by atoms with Crippen molar-refractivity contribution in [1.29, 1.82) is 0 Å². The minimum atomic E-state index is 0.605. The van der Waals surface area contributed by atoms with Gasteiger partial charge in [-0.25, -0.2) is 4.98 Å². The molecule has 1 N–H and O–H groups in total. The SMILES string of the molecule is CCNC(C)CCCn1cncn1. The van der Waals surface area contributed by atoms with Gasteiger partial charge in [-0.15, -0.1) is 0 Å². The van der Waals surface area contributed by atoms with E-state index in [9.17, 15) is 0 Å². The molecule has 0 aliphatic rings. The Morgan fingerprint density at radius 2 is 2.38 bits per heavy atom. The Kier molecular flexibility index (Phi) is 4.46.